The van der Waals surface area contributed by atoms with Crippen molar-refractivity contribution < 1.29 is 15.1 Å². The summed E-state index contributed by atoms with van der Waals surface area (Å²) in [7, 11) is 0. The lowest BCUT2D eigenvalue weighted by molar-refractivity contribution is -0.384. The van der Waals surface area contributed by atoms with Crippen LogP contribution in [0.1, 0.15) is 24.3 Å². The molecule has 2 aromatic rings. The summed E-state index contributed by atoms with van der Waals surface area (Å²) < 4.78 is 0. The SMILES string of the molecule is O=[N+]([O-])c1cc(C2C(O)CCC2O)ccc1-c1ccsc1. The molecule has 0 aliphatic heterocycles. The highest BCUT2D eigenvalue weighted by molar-refractivity contribution is 7.08. The van der Waals surface area contributed by atoms with Crippen LogP contribution in [0.15, 0.2) is 35.0 Å². The molecule has 0 spiro atoms. The van der Waals surface area contributed by atoms with Crippen LogP contribution in [-0.2, 0) is 0 Å². The van der Waals surface area contributed by atoms with Gasteiger partial charge >= 0.3 is 0 Å². The fourth-order valence-electron chi connectivity index (χ4n) is 2.97. The zero-order chi connectivity index (χ0) is 15.0. The molecule has 0 amide bonds. The molecule has 6 heteroatoms. The van der Waals surface area contributed by atoms with Gasteiger partial charge in [0.15, 0.2) is 0 Å². The molecule has 110 valence electrons. The van der Waals surface area contributed by atoms with Gasteiger partial charge in [-0.3, -0.25) is 10.1 Å². The number of aliphatic hydroxyl groups is 2. The van der Waals surface area contributed by atoms with Crippen LogP contribution in [0.5, 0.6) is 0 Å². The molecule has 1 aliphatic carbocycles. The van der Waals surface area contributed by atoms with E-state index in [9.17, 15) is 20.3 Å². The van der Waals surface area contributed by atoms with Crippen LogP contribution in [0.2, 0.25) is 0 Å². The lowest BCUT2D eigenvalue weighted by atomic mass is 9.91. The summed E-state index contributed by atoms with van der Waals surface area (Å²) in [4.78, 5) is 10.9. The van der Waals surface area contributed by atoms with E-state index in [1.54, 1.807) is 12.1 Å². The van der Waals surface area contributed by atoms with E-state index in [0.29, 0.717) is 24.0 Å². The second-order valence-corrected chi connectivity index (χ2v) is 6.06. The van der Waals surface area contributed by atoms with E-state index in [-0.39, 0.29) is 5.69 Å². The van der Waals surface area contributed by atoms with E-state index in [0.717, 1.165) is 5.56 Å². The van der Waals surface area contributed by atoms with E-state index >= 15 is 0 Å². The maximum absolute atomic E-state index is 11.3. The molecule has 2 N–H and O–H groups in total. The lowest BCUT2D eigenvalue weighted by Crippen LogP contribution is -2.20. The van der Waals surface area contributed by atoms with Gasteiger partial charge in [0, 0.05) is 12.0 Å². The monoisotopic (exact) mass is 305 g/mol. The van der Waals surface area contributed by atoms with Gasteiger partial charge in [0.1, 0.15) is 0 Å². The number of benzene rings is 1. The van der Waals surface area contributed by atoms with Crippen molar-refractivity contribution in [1.29, 1.82) is 0 Å². The Balaban J connectivity index is 2.06. The van der Waals surface area contributed by atoms with E-state index in [1.807, 2.05) is 16.8 Å². The standard InChI is InChI=1S/C15H15NO4S/c17-13-3-4-14(18)15(13)9-1-2-11(10-5-6-21-8-10)12(7-9)16(19)20/h1-2,5-8,13-15,17-18H,3-4H2. The van der Waals surface area contributed by atoms with Crippen LogP contribution in [0.4, 0.5) is 5.69 Å². The summed E-state index contributed by atoms with van der Waals surface area (Å²) in [6.45, 7) is 0. The Morgan fingerprint density at radius 2 is 1.90 bits per heavy atom. The highest BCUT2D eigenvalue weighted by atomic mass is 32.1. The van der Waals surface area contributed by atoms with Gasteiger partial charge in [-0.2, -0.15) is 11.3 Å². The van der Waals surface area contributed by atoms with Crippen molar-refractivity contribution in [2.75, 3.05) is 0 Å². The van der Waals surface area contributed by atoms with Gasteiger partial charge < -0.3 is 10.2 Å². The zero-order valence-electron chi connectivity index (χ0n) is 11.2. The van der Waals surface area contributed by atoms with E-state index in [2.05, 4.69) is 0 Å². The van der Waals surface area contributed by atoms with E-state index in [4.69, 9.17) is 0 Å². The highest BCUT2D eigenvalue weighted by Gasteiger charge is 2.36. The van der Waals surface area contributed by atoms with Crippen molar-refractivity contribution in [2.24, 2.45) is 0 Å². The van der Waals surface area contributed by atoms with Gasteiger partial charge in [-0.05, 0) is 46.9 Å². The molecule has 1 aromatic heterocycles. The fourth-order valence-corrected chi connectivity index (χ4v) is 3.63. The quantitative estimate of drug-likeness (QED) is 0.674. The van der Waals surface area contributed by atoms with Crippen molar-refractivity contribution >= 4 is 17.0 Å². The molecule has 0 bridgehead atoms. The molecule has 0 saturated heterocycles. The van der Waals surface area contributed by atoms with Crippen molar-refractivity contribution in [3.8, 4) is 11.1 Å². The maximum Gasteiger partial charge on any atom is 0.277 e. The minimum Gasteiger partial charge on any atom is -0.392 e. The van der Waals surface area contributed by atoms with Crippen LogP contribution >= 0.6 is 11.3 Å². The Labute approximate surface area is 125 Å². The minimum absolute atomic E-state index is 0.0113. The first kappa shape index (κ1) is 14.2. The molecule has 21 heavy (non-hydrogen) atoms. The number of nitro groups is 1. The predicted octanol–water partition coefficient (Wildman–Crippen LogP) is 2.92. The summed E-state index contributed by atoms with van der Waals surface area (Å²) >= 11 is 1.48. The van der Waals surface area contributed by atoms with Gasteiger partial charge in [-0.1, -0.05) is 6.07 Å². The van der Waals surface area contributed by atoms with E-state index < -0.39 is 23.0 Å². The normalized spacial score (nSPS) is 25.1. The Morgan fingerprint density at radius 3 is 2.48 bits per heavy atom. The largest absolute Gasteiger partial charge is 0.392 e. The molecule has 0 radical (unpaired) electrons. The summed E-state index contributed by atoms with van der Waals surface area (Å²) in [5, 5.41) is 35.0. The first-order valence-electron chi connectivity index (χ1n) is 6.75. The summed E-state index contributed by atoms with van der Waals surface area (Å²) in [5.41, 5.74) is 2.01. The third-order valence-corrected chi connectivity index (χ3v) is 4.71. The van der Waals surface area contributed by atoms with Crippen LogP contribution in [-0.4, -0.2) is 27.3 Å². The van der Waals surface area contributed by atoms with Gasteiger partial charge in [0.2, 0.25) is 0 Å². The van der Waals surface area contributed by atoms with Crippen molar-refractivity contribution in [3.63, 3.8) is 0 Å². The summed E-state index contributed by atoms with van der Waals surface area (Å²) in [6.07, 6.45) is -0.254. The van der Waals surface area contributed by atoms with Crippen LogP contribution < -0.4 is 0 Å². The van der Waals surface area contributed by atoms with Gasteiger partial charge in [-0.25, -0.2) is 0 Å². The molecule has 2 atom stereocenters. The van der Waals surface area contributed by atoms with Crippen LogP contribution in [0.25, 0.3) is 11.1 Å². The number of hydrogen-bond donors (Lipinski definition) is 2. The Hall–Kier alpha value is -1.76. The highest BCUT2D eigenvalue weighted by Crippen LogP contribution is 2.39. The topological polar surface area (TPSA) is 83.6 Å². The number of rotatable bonds is 3. The third-order valence-electron chi connectivity index (χ3n) is 4.02. The van der Waals surface area contributed by atoms with Crippen molar-refractivity contribution in [2.45, 2.75) is 31.0 Å². The smallest absolute Gasteiger partial charge is 0.277 e. The van der Waals surface area contributed by atoms with Crippen molar-refractivity contribution in [3.05, 3.63) is 50.7 Å². The first-order valence-corrected chi connectivity index (χ1v) is 7.69. The molecule has 1 saturated carbocycles. The lowest BCUT2D eigenvalue weighted by Gasteiger charge is -2.19. The molecule has 2 unspecified atom stereocenters. The van der Waals surface area contributed by atoms with Crippen molar-refractivity contribution in [1.82, 2.24) is 0 Å². The molecule has 5 nitrogen and oxygen atoms in total. The fraction of sp³-hybridized carbons (Fsp3) is 0.333. The Morgan fingerprint density at radius 1 is 1.19 bits per heavy atom. The summed E-state index contributed by atoms with van der Waals surface area (Å²) in [6, 6.07) is 6.79. The second-order valence-electron chi connectivity index (χ2n) is 5.28. The van der Waals surface area contributed by atoms with Crippen LogP contribution in [0, 0.1) is 10.1 Å². The summed E-state index contributed by atoms with van der Waals surface area (Å²) in [5.74, 6) is -0.444. The molecule has 1 aliphatic rings. The van der Waals surface area contributed by atoms with Gasteiger partial charge in [-0.15, -0.1) is 0 Å². The minimum atomic E-state index is -0.647. The molecule has 1 fully saturated rings. The zero-order valence-corrected chi connectivity index (χ0v) is 12.0. The van der Waals surface area contributed by atoms with Gasteiger partial charge in [0.25, 0.3) is 5.69 Å². The third kappa shape index (κ3) is 2.57. The Bertz CT molecular complexity index is 646. The molecular weight excluding hydrogens is 290 g/mol. The maximum atomic E-state index is 11.3. The molecule has 1 aromatic carbocycles. The number of aliphatic hydroxyl groups excluding tert-OH is 2. The number of thiophene rings is 1. The average molecular weight is 305 g/mol. The molecule has 3 rings (SSSR count). The molecule has 1 heterocycles. The molecular formula is C15H15NO4S. The predicted molar refractivity (Wildman–Crippen MR) is 80.4 cm³/mol. The number of hydrogen-bond acceptors (Lipinski definition) is 5. The van der Waals surface area contributed by atoms with E-state index in [1.165, 1.54) is 17.4 Å². The number of nitrogens with zero attached hydrogens (tertiary/aromatic N) is 1. The Kier molecular flexibility index (Phi) is 3.75. The first-order chi connectivity index (χ1) is 10.1. The second kappa shape index (κ2) is 5.55. The van der Waals surface area contributed by atoms with Gasteiger partial charge in [0.05, 0.1) is 22.7 Å². The number of nitro benzene ring substituents is 1. The average Bonchev–Trinajstić information content (AvgIpc) is 3.09. The van der Waals surface area contributed by atoms with Crippen LogP contribution in [0.3, 0.4) is 0 Å².